The second kappa shape index (κ2) is 9.32. The molecule has 0 spiro atoms. The van der Waals surface area contributed by atoms with E-state index in [9.17, 15) is 14.0 Å². The van der Waals surface area contributed by atoms with E-state index in [4.69, 9.17) is 16.6 Å². The summed E-state index contributed by atoms with van der Waals surface area (Å²) in [6.07, 6.45) is 2.00. The molecule has 36 heavy (non-hydrogen) atoms. The smallest absolute Gasteiger partial charge is 0.354 e. The maximum absolute atomic E-state index is 13.5. The van der Waals surface area contributed by atoms with Gasteiger partial charge in [0.2, 0.25) is 0 Å². The molecule has 2 aliphatic rings. The molecule has 2 fully saturated rings. The van der Waals surface area contributed by atoms with Gasteiger partial charge in [0.05, 0.1) is 10.4 Å². The van der Waals surface area contributed by atoms with Crippen molar-refractivity contribution >= 4 is 39.2 Å². The minimum absolute atomic E-state index is 0.0644. The van der Waals surface area contributed by atoms with E-state index < -0.39 is 5.97 Å². The van der Waals surface area contributed by atoms with Crippen molar-refractivity contribution in [2.75, 3.05) is 12.3 Å². The first-order chi connectivity index (χ1) is 17.3. The number of carbonyl (C=O) groups is 2. The zero-order chi connectivity index (χ0) is 25.6. The van der Waals surface area contributed by atoms with Crippen LogP contribution in [0.5, 0.6) is 0 Å². The van der Waals surface area contributed by atoms with Gasteiger partial charge in [0.25, 0.3) is 5.91 Å². The summed E-state index contributed by atoms with van der Waals surface area (Å²) in [5, 5.41) is 13.9. The van der Waals surface area contributed by atoms with E-state index in [2.05, 4.69) is 10.1 Å². The van der Waals surface area contributed by atoms with Crippen molar-refractivity contribution in [3.63, 3.8) is 0 Å². The standard InChI is InChI=1S/C16H17FN4OS.C9H8N2O2/c17-10-3-1-2-8(4-10)14-13(20-16(19)23-14)15(22)21-11(7-18)5-9-6-12(9)21;1-11-8(9(12)13)6-4-2-3-5-7(6)10-11/h1-4,9,11-12H,5-7,18H2,(H2,19,20);2-5H,1H3,(H,12,13)/t9-,11+,12+;/m1./s1. The summed E-state index contributed by atoms with van der Waals surface area (Å²) >= 11 is 1.21. The van der Waals surface area contributed by atoms with Gasteiger partial charge in [-0.1, -0.05) is 41.7 Å². The number of aromatic nitrogens is 3. The highest BCUT2D eigenvalue weighted by Gasteiger charge is 2.54. The molecule has 1 saturated heterocycles. The summed E-state index contributed by atoms with van der Waals surface area (Å²) in [6, 6.07) is 13.7. The second-order valence-electron chi connectivity index (χ2n) is 8.94. The van der Waals surface area contributed by atoms with Crippen LogP contribution in [0.4, 0.5) is 9.52 Å². The summed E-state index contributed by atoms with van der Waals surface area (Å²) in [5.41, 5.74) is 13.5. The maximum Gasteiger partial charge on any atom is 0.354 e. The molecule has 4 aromatic rings. The lowest BCUT2D eigenvalue weighted by atomic mass is 10.1. The normalized spacial score (nSPS) is 20.1. The molecule has 9 nitrogen and oxygen atoms in total. The minimum atomic E-state index is -0.948. The highest BCUT2D eigenvalue weighted by molar-refractivity contribution is 7.19. The molecule has 0 bridgehead atoms. The number of piperidine rings is 1. The van der Waals surface area contributed by atoms with E-state index in [1.165, 1.54) is 28.2 Å². The van der Waals surface area contributed by atoms with Crippen LogP contribution >= 0.6 is 11.3 Å². The summed E-state index contributed by atoms with van der Waals surface area (Å²) in [5.74, 6) is -0.869. The molecule has 2 aromatic carbocycles. The van der Waals surface area contributed by atoms with E-state index in [0.717, 1.165) is 12.8 Å². The maximum atomic E-state index is 13.5. The van der Waals surface area contributed by atoms with Crippen molar-refractivity contribution < 1.29 is 19.1 Å². The van der Waals surface area contributed by atoms with Crippen molar-refractivity contribution in [1.29, 1.82) is 0 Å². The number of benzene rings is 2. The Morgan fingerprint density at radius 1 is 1.19 bits per heavy atom. The number of nitrogens with two attached hydrogens (primary N) is 2. The number of halogens is 1. The second-order valence-corrected chi connectivity index (χ2v) is 9.97. The number of likely N-dealkylation sites (tertiary alicyclic amines) is 1. The topological polar surface area (TPSA) is 140 Å². The zero-order valence-corrected chi connectivity index (χ0v) is 20.3. The largest absolute Gasteiger partial charge is 0.477 e. The Balaban J connectivity index is 0.000000174. The number of anilines is 1. The number of aromatic carboxylic acids is 1. The van der Waals surface area contributed by atoms with Gasteiger partial charge >= 0.3 is 5.97 Å². The Hall–Kier alpha value is -3.83. The first kappa shape index (κ1) is 23.9. The van der Waals surface area contributed by atoms with Crippen LogP contribution in [-0.2, 0) is 7.05 Å². The van der Waals surface area contributed by atoms with E-state index in [1.54, 1.807) is 37.4 Å². The first-order valence-corrected chi connectivity index (χ1v) is 12.3. The molecular weight excluding hydrogens is 483 g/mol. The highest BCUT2D eigenvalue weighted by Crippen LogP contribution is 2.48. The van der Waals surface area contributed by atoms with E-state index in [1.807, 2.05) is 11.0 Å². The Bertz CT molecular complexity index is 1470. The SMILES string of the molecule is Cn1nc2ccccc2c1C(=O)O.NC[C@@H]1C[C@@H]2C[C@@H]2N1C(=O)c1nc(N)sc1-c1cccc(F)c1. The highest BCUT2D eigenvalue weighted by atomic mass is 32.1. The van der Waals surface area contributed by atoms with Gasteiger partial charge in [-0.05, 0) is 42.5 Å². The van der Waals surface area contributed by atoms with Gasteiger partial charge in [0.15, 0.2) is 10.8 Å². The zero-order valence-electron chi connectivity index (χ0n) is 19.5. The number of aryl methyl sites for hydroxylation is 1. The molecular formula is C25H25FN6O3S. The molecule has 0 unspecified atom stereocenters. The van der Waals surface area contributed by atoms with Gasteiger partial charge in [-0.15, -0.1) is 0 Å². The third-order valence-electron chi connectivity index (χ3n) is 6.59. The molecule has 6 rings (SSSR count). The Kier molecular flexibility index (Phi) is 6.19. The third kappa shape index (κ3) is 4.31. The number of thiazole rings is 1. The van der Waals surface area contributed by atoms with E-state index in [-0.39, 0.29) is 29.5 Å². The van der Waals surface area contributed by atoms with Crippen LogP contribution < -0.4 is 11.5 Å². The molecule has 1 saturated carbocycles. The van der Waals surface area contributed by atoms with Crippen LogP contribution in [0, 0.1) is 11.7 Å². The van der Waals surface area contributed by atoms with Crippen molar-refractivity contribution in [1.82, 2.24) is 19.7 Å². The molecule has 0 radical (unpaired) electrons. The Morgan fingerprint density at radius 3 is 2.69 bits per heavy atom. The number of fused-ring (bicyclic) bond motifs is 2. The Morgan fingerprint density at radius 2 is 1.97 bits per heavy atom. The van der Waals surface area contributed by atoms with Gasteiger partial charge in [0, 0.05) is 31.1 Å². The first-order valence-electron chi connectivity index (χ1n) is 11.5. The van der Waals surface area contributed by atoms with Crippen LogP contribution in [0.25, 0.3) is 21.3 Å². The Labute approximate surface area is 210 Å². The molecule has 1 amide bonds. The molecule has 11 heteroatoms. The predicted molar refractivity (Wildman–Crippen MR) is 135 cm³/mol. The number of nitrogen functional groups attached to an aromatic ring is 1. The predicted octanol–water partition coefficient (Wildman–Crippen LogP) is 3.36. The molecule has 2 aromatic heterocycles. The lowest BCUT2D eigenvalue weighted by Gasteiger charge is -2.26. The van der Waals surface area contributed by atoms with Crippen molar-refractivity contribution in [2.24, 2.45) is 18.7 Å². The molecule has 1 aliphatic carbocycles. The lowest BCUT2D eigenvalue weighted by Crippen LogP contribution is -2.42. The monoisotopic (exact) mass is 508 g/mol. The van der Waals surface area contributed by atoms with Crippen molar-refractivity contribution in [3.8, 4) is 10.4 Å². The lowest BCUT2D eigenvalue weighted by molar-refractivity contribution is 0.0682. The molecule has 5 N–H and O–H groups in total. The van der Waals surface area contributed by atoms with Crippen LogP contribution in [0.1, 0.15) is 33.8 Å². The van der Waals surface area contributed by atoms with Gasteiger partial charge in [-0.3, -0.25) is 9.48 Å². The van der Waals surface area contributed by atoms with Crippen molar-refractivity contribution in [2.45, 2.75) is 24.9 Å². The summed E-state index contributed by atoms with van der Waals surface area (Å²) in [6.45, 7) is 0.452. The molecule has 3 atom stereocenters. The van der Waals surface area contributed by atoms with Gasteiger partial charge in [-0.2, -0.15) is 5.10 Å². The summed E-state index contributed by atoms with van der Waals surface area (Å²) in [4.78, 5) is 30.6. The number of carbonyl (C=O) groups excluding carboxylic acids is 1. The molecule has 3 heterocycles. The number of carboxylic acid groups (broad SMARTS) is 1. The number of hydrogen-bond acceptors (Lipinski definition) is 7. The number of hydrogen-bond donors (Lipinski definition) is 3. The van der Waals surface area contributed by atoms with Crippen molar-refractivity contribution in [3.05, 3.63) is 65.7 Å². The average Bonchev–Trinajstić information content (AvgIpc) is 3.18. The molecule has 1 aliphatic heterocycles. The van der Waals surface area contributed by atoms with Gasteiger partial charge < -0.3 is 21.5 Å². The summed E-state index contributed by atoms with van der Waals surface area (Å²) < 4.78 is 14.9. The van der Waals surface area contributed by atoms with Crippen LogP contribution in [0.3, 0.4) is 0 Å². The fourth-order valence-corrected chi connectivity index (χ4v) is 5.74. The average molecular weight is 509 g/mol. The third-order valence-corrected chi connectivity index (χ3v) is 7.53. The van der Waals surface area contributed by atoms with E-state index >= 15 is 0 Å². The van der Waals surface area contributed by atoms with Crippen LogP contribution in [0.2, 0.25) is 0 Å². The number of carboxylic acids is 1. The van der Waals surface area contributed by atoms with Gasteiger partial charge in [0.1, 0.15) is 11.5 Å². The number of rotatable bonds is 4. The van der Waals surface area contributed by atoms with Gasteiger partial charge in [-0.25, -0.2) is 14.2 Å². The van der Waals surface area contributed by atoms with Crippen LogP contribution in [-0.4, -0.2) is 55.3 Å². The number of amides is 1. The quantitative estimate of drug-likeness (QED) is 0.384. The fourth-order valence-electron chi connectivity index (χ4n) is 4.92. The fraction of sp³-hybridized carbons (Fsp3) is 0.280. The molecule has 186 valence electrons. The minimum Gasteiger partial charge on any atom is -0.477 e. The van der Waals surface area contributed by atoms with E-state index in [0.29, 0.717) is 44.6 Å². The van der Waals surface area contributed by atoms with Crippen LogP contribution in [0.15, 0.2) is 48.5 Å². The summed E-state index contributed by atoms with van der Waals surface area (Å²) in [7, 11) is 1.63. The number of nitrogens with zero attached hydrogens (tertiary/aromatic N) is 4.